The molecule has 0 fully saturated rings. The van der Waals surface area contributed by atoms with E-state index in [2.05, 4.69) is 20.7 Å². The Morgan fingerprint density at radius 1 is 1.50 bits per heavy atom. The lowest BCUT2D eigenvalue weighted by atomic mass is 10.2. The van der Waals surface area contributed by atoms with E-state index in [4.69, 9.17) is 5.11 Å². The maximum Gasteiger partial charge on any atom is 0.241 e. The van der Waals surface area contributed by atoms with Crippen molar-refractivity contribution in [2.75, 3.05) is 6.54 Å². The van der Waals surface area contributed by atoms with Gasteiger partial charge >= 0.3 is 0 Å². The van der Waals surface area contributed by atoms with Gasteiger partial charge in [-0.3, -0.25) is 0 Å². The zero-order valence-electron chi connectivity index (χ0n) is 9.86. The summed E-state index contributed by atoms with van der Waals surface area (Å²) in [5.41, 5.74) is 0. The van der Waals surface area contributed by atoms with Crippen molar-refractivity contribution in [2.45, 2.75) is 30.8 Å². The van der Waals surface area contributed by atoms with Gasteiger partial charge in [0.25, 0.3) is 0 Å². The molecule has 1 aromatic rings. The van der Waals surface area contributed by atoms with Crippen LogP contribution in [-0.2, 0) is 10.0 Å². The first-order valence-electron chi connectivity index (χ1n) is 5.45. The Morgan fingerprint density at radius 2 is 2.17 bits per heavy atom. The van der Waals surface area contributed by atoms with Gasteiger partial charge in [-0.1, -0.05) is 0 Å². The molecule has 0 aliphatic carbocycles. The number of rotatable bonds is 6. The van der Waals surface area contributed by atoms with Crippen LogP contribution in [-0.4, -0.2) is 26.2 Å². The molecule has 0 aliphatic heterocycles. The minimum absolute atomic E-state index is 0.000877. The molecular weight excluding hydrogens is 325 g/mol. The van der Waals surface area contributed by atoms with Gasteiger partial charge < -0.3 is 5.11 Å². The third-order valence-electron chi connectivity index (χ3n) is 2.27. The molecule has 0 bridgehead atoms. The predicted octanol–water partition coefficient (Wildman–Crippen LogP) is 2.03. The van der Waals surface area contributed by atoms with Gasteiger partial charge in [0.2, 0.25) is 10.0 Å². The van der Waals surface area contributed by atoms with E-state index in [0.717, 1.165) is 12.1 Å². The summed E-state index contributed by atoms with van der Waals surface area (Å²) in [6.07, 6.45) is 0.607. The van der Waals surface area contributed by atoms with Crippen molar-refractivity contribution in [1.29, 1.82) is 0 Å². The average molecular weight is 340 g/mol. The number of sulfonamides is 1. The van der Waals surface area contributed by atoms with Crippen LogP contribution < -0.4 is 4.72 Å². The fourth-order valence-corrected chi connectivity index (χ4v) is 3.50. The minimum Gasteiger partial charge on any atom is -0.393 e. The molecule has 102 valence electrons. The zero-order chi connectivity index (χ0) is 13.8. The highest BCUT2D eigenvalue weighted by molar-refractivity contribution is 9.10. The number of aliphatic hydroxyl groups excluding tert-OH is 1. The number of aliphatic hydroxyl groups is 1. The molecule has 0 amide bonds. The molecule has 0 saturated heterocycles. The molecule has 1 atom stereocenters. The van der Waals surface area contributed by atoms with Gasteiger partial charge in [0.15, 0.2) is 0 Å². The Balaban J connectivity index is 2.69. The second-order valence-electron chi connectivity index (χ2n) is 3.96. The summed E-state index contributed by atoms with van der Waals surface area (Å²) in [5, 5.41) is 9.05. The van der Waals surface area contributed by atoms with Gasteiger partial charge in [0, 0.05) is 11.0 Å². The summed E-state index contributed by atoms with van der Waals surface area (Å²) in [4.78, 5) is 0.000877. The molecule has 18 heavy (non-hydrogen) atoms. The van der Waals surface area contributed by atoms with Crippen LogP contribution in [0.25, 0.3) is 0 Å². The normalized spacial score (nSPS) is 13.6. The van der Waals surface area contributed by atoms with Crippen molar-refractivity contribution in [2.24, 2.45) is 0 Å². The molecule has 1 rings (SSSR count). The minimum atomic E-state index is -3.65. The zero-order valence-corrected chi connectivity index (χ0v) is 12.3. The molecular formula is C11H15BrFNO3S. The van der Waals surface area contributed by atoms with E-state index in [1.54, 1.807) is 6.92 Å². The highest BCUT2D eigenvalue weighted by Crippen LogP contribution is 2.22. The van der Waals surface area contributed by atoms with E-state index < -0.39 is 21.9 Å². The largest absolute Gasteiger partial charge is 0.393 e. The Labute approximate surface area is 114 Å². The molecule has 0 aliphatic rings. The Hall–Kier alpha value is -0.500. The van der Waals surface area contributed by atoms with Crippen molar-refractivity contribution in [3.63, 3.8) is 0 Å². The maximum absolute atomic E-state index is 12.9. The van der Waals surface area contributed by atoms with Crippen molar-refractivity contribution in [3.05, 3.63) is 28.5 Å². The van der Waals surface area contributed by atoms with Gasteiger partial charge in [0.05, 0.1) is 11.0 Å². The highest BCUT2D eigenvalue weighted by Gasteiger charge is 2.17. The second-order valence-corrected chi connectivity index (χ2v) is 6.55. The fourth-order valence-electron chi connectivity index (χ4n) is 1.37. The van der Waals surface area contributed by atoms with E-state index in [-0.39, 0.29) is 15.9 Å². The van der Waals surface area contributed by atoms with Crippen LogP contribution in [0.5, 0.6) is 0 Å². The summed E-state index contributed by atoms with van der Waals surface area (Å²) in [7, 11) is -3.65. The predicted molar refractivity (Wildman–Crippen MR) is 70.2 cm³/mol. The van der Waals surface area contributed by atoms with Crippen LogP contribution in [0, 0.1) is 5.82 Å². The number of hydrogen-bond donors (Lipinski definition) is 2. The van der Waals surface area contributed by atoms with Gasteiger partial charge in [0.1, 0.15) is 5.82 Å². The lowest BCUT2D eigenvalue weighted by Crippen LogP contribution is -2.25. The third kappa shape index (κ3) is 4.64. The topological polar surface area (TPSA) is 66.4 Å². The van der Waals surface area contributed by atoms with Gasteiger partial charge in [-0.05, 0) is 53.9 Å². The van der Waals surface area contributed by atoms with E-state index in [9.17, 15) is 12.8 Å². The van der Waals surface area contributed by atoms with E-state index in [0.29, 0.717) is 12.8 Å². The third-order valence-corrected chi connectivity index (χ3v) is 4.71. The van der Waals surface area contributed by atoms with Crippen LogP contribution in [0.4, 0.5) is 4.39 Å². The van der Waals surface area contributed by atoms with Gasteiger partial charge in [-0.15, -0.1) is 0 Å². The molecule has 4 nitrogen and oxygen atoms in total. The summed E-state index contributed by atoms with van der Waals surface area (Å²) in [5.74, 6) is -0.505. The monoisotopic (exact) mass is 339 g/mol. The first kappa shape index (κ1) is 15.6. The second kappa shape index (κ2) is 6.60. The Bertz CT molecular complexity index is 505. The molecule has 0 spiro atoms. The Kier molecular flexibility index (Phi) is 5.71. The first-order valence-corrected chi connectivity index (χ1v) is 7.73. The molecule has 0 heterocycles. The van der Waals surface area contributed by atoms with Crippen molar-refractivity contribution >= 4 is 26.0 Å². The highest BCUT2D eigenvalue weighted by atomic mass is 79.9. The molecule has 1 unspecified atom stereocenters. The number of benzene rings is 1. The van der Waals surface area contributed by atoms with Crippen LogP contribution in [0.3, 0.4) is 0 Å². The smallest absolute Gasteiger partial charge is 0.241 e. The first-order chi connectivity index (χ1) is 8.33. The summed E-state index contributed by atoms with van der Waals surface area (Å²) < 4.78 is 39.2. The van der Waals surface area contributed by atoms with Crippen molar-refractivity contribution in [1.82, 2.24) is 4.72 Å². The summed E-state index contributed by atoms with van der Waals surface area (Å²) in [6.45, 7) is 1.88. The Morgan fingerprint density at radius 3 is 2.72 bits per heavy atom. The molecule has 0 aromatic heterocycles. The lowest BCUT2D eigenvalue weighted by molar-refractivity contribution is 0.182. The maximum atomic E-state index is 12.9. The molecule has 0 saturated carbocycles. The summed E-state index contributed by atoms with van der Waals surface area (Å²) in [6, 6.07) is 3.40. The van der Waals surface area contributed by atoms with Crippen molar-refractivity contribution in [3.8, 4) is 0 Å². The number of hydrogen-bond acceptors (Lipinski definition) is 3. The molecule has 2 N–H and O–H groups in total. The van der Waals surface area contributed by atoms with Crippen LogP contribution >= 0.6 is 15.9 Å². The van der Waals surface area contributed by atoms with E-state index in [1.165, 1.54) is 6.07 Å². The molecule has 7 heteroatoms. The van der Waals surface area contributed by atoms with Gasteiger partial charge in [-0.25, -0.2) is 17.5 Å². The quantitative estimate of drug-likeness (QED) is 0.779. The number of halogens is 2. The van der Waals surface area contributed by atoms with Crippen LogP contribution in [0.15, 0.2) is 27.6 Å². The summed E-state index contributed by atoms with van der Waals surface area (Å²) >= 11 is 3.02. The van der Waals surface area contributed by atoms with Crippen LogP contribution in [0.1, 0.15) is 19.8 Å². The van der Waals surface area contributed by atoms with Gasteiger partial charge in [-0.2, -0.15) is 0 Å². The lowest BCUT2D eigenvalue weighted by Gasteiger charge is -2.09. The van der Waals surface area contributed by atoms with Crippen LogP contribution in [0.2, 0.25) is 0 Å². The fraction of sp³-hybridized carbons (Fsp3) is 0.455. The SMILES string of the molecule is CC(O)CCCNS(=O)(=O)c1ccc(F)cc1Br. The van der Waals surface area contributed by atoms with Crippen molar-refractivity contribution < 1.29 is 17.9 Å². The number of nitrogens with one attached hydrogen (secondary N) is 1. The average Bonchev–Trinajstić information content (AvgIpc) is 2.23. The van der Waals surface area contributed by atoms with E-state index >= 15 is 0 Å². The van der Waals surface area contributed by atoms with E-state index in [1.807, 2.05) is 0 Å². The molecule has 1 aromatic carbocycles. The molecule has 0 radical (unpaired) electrons. The standard InChI is InChI=1S/C11H15BrFNO3S/c1-8(15)3-2-6-14-18(16,17)11-5-4-9(13)7-10(11)12/h4-5,7-8,14-15H,2-3,6H2,1H3.